The molecule has 0 radical (unpaired) electrons. The highest BCUT2D eigenvalue weighted by Gasteiger charge is 2.56. The van der Waals surface area contributed by atoms with E-state index in [2.05, 4.69) is 15.5 Å². The zero-order valence-electron chi connectivity index (χ0n) is 11.2. The molecule has 2 fully saturated rings. The lowest BCUT2D eigenvalue weighted by Gasteiger charge is -2.08. The number of hydrogen-bond acceptors (Lipinski definition) is 3. The molecule has 2 saturated carbocycles. The van der Waals surface area contributed by atoms with Gasteiger partial charge in [0.05, 0.1) is 0 Å². The average molecular weight is 280 g/mol. The predicted molar refractivity (Wildman–Crippen MR) is 74.1 cm³/mol. The number of hydrogen-bond donors (Lipinski definition) is 2. The van der Waals surface area contributed by atoms with Crippen molar-refractivity contribution in [3.63, 3.8) is 0 Å². The maximum absolute atomic E-state index is 12.0. The first kappa shape index (κ1) is 12.8. The highest BCUT2D eigenvalue weighted by atomic mass is 32.1. The molecular weight excluding hydrogens is 260 g/mol. The van der Waals surface area contributed by atoms with Crippen molar-refractivity contribution in [2.75, 3.05) is 6.54 Å². The molecule has 2 aliphatic carbocycles. The summed E-state index contributed by atoms with van der Waals surface area (Å²) in [5.41, 5.74) is 0. The molecule has 1 aromatic heterocycles. The Morgan fingerprint density at radius 3 is 2.95 bits per heavy atom. The first-order valence-electron chi connectivity index (χ1n) is 7.14. The Balaban J connectivity index is 1.49. The molecule has 0 bridgehead atoms. The van der Waals surface area contributed by atoms with Gasteiger partial charge < -0.3 is 9.88 Å². The largest absolute Gasteiger partial charge is 0.354 e. The van der Waals surface area contributed by atoms with Crippen LogP contribution in [-0.4, -0.2) is 27.2 Å². The second kappa shape index (κ2) is 5.07. The van der Waals surface area contributed by atoms with E-state index in [1.807, 2.05) is 11.5 Å². The van der Waals surface area contributed by atoms with E-state index in [-0.39, 0.29) is 5.91 Å². The van der Waals surface area contributed by atoms with E-state index in [0.717, 1.165) is 12.2 Å². The number of aromatic nitrogens is 3. The van der Waals surface area contributed by atoms with Crippen molar-refractivity contribution in [2.45, 2.75) is 39.2 Å². The van der Waals surface area contributed by atoms with Crippen molar-refractivity contribution in [1.82, 2.24) is 20.1 Å². The molecule has 2 aliphatic rings. The summed E-state index contributed by atoms with van der Waals surface area (Å²) in [5.74, 6) is 2.85. The van der Waals surface area contributed by atoms with Crippen LogP contribution in [0.15, 0.2) is 0 Å². The summed E-state index contributed by atoms with van der Waals surface area (Å²) in [5, 5.41) is 10.00. The van der Waals surface area contributed by atoms with E-state index >= 15 is 0 Å². The first-order chi connectivity index (χ1) is 9.22. The minimum Gasteiger partial charge on any atom is -0.354 e. The molecule has 2 N–H and O–H groups in total. The first-order valence-corrected chi connectivity index (χ1v) is 7.55. The van der Waals surface area contributed by atoms with Crippen LogP contribution in [0, 0.1) is 22.5 Å². The highest BCUT2D eigenvalue weighted by molar-refractivity contribution is 7.71. The second-order valence-corrected chi connectivity index (χ2v) is 5.91. The van der Waals surface area contributed by atoms with E-state index in [4.69, 9.17) is 12.2 Å². The number of amides is 1. The number of nitrogens with one attached hydrogen (secondary N) is 2. The summed E-state index contributed by atoms with van der Waals surface area (Å²) in [4.78, 5) is 12.0. The standard InChI is InChI=1S/C13H20N4OS/c1-2-10-15-16-13(19)17(10)7-6-14-12(18)11-8-4-3-5-9(8)11/h8-9,11H,2-7H2,1H3,(H,14,18)(H,16,19)/t8-,9+,11?. The van der Waals surface area contributed by atoms with Gasteiger partial charge in [-0.3, -0.25) is 9.89 Å². The molecule has 6 heteroatoms. The van der Waals surface area contributed by atoms with E-state index in [0.29, 0.717) is 35.6 Å². The van der Waals surface area contributed by atoms with E-state index in [9.17, 15) is 4.79 Å². The summed E-state index contributed by atoms with van der Waals surface area (Å²) in [7, 11) is 0. The van der Waals surface area contributed by atoms with Gasteiger partial charge in [0.1, 0.15) is 5.82 Å². The van der Waals surface area contributed by atoms with Crippen LogP contribution in [0.1, 0.15) is 32.0 Å². The van der Waals surface area contributed by atoms with Gasteiger partial charge in [-0.25, -0.2) is 0 Å². The van der Waals surface area contributed by atoms with Crippen molar-refractivity contribution in [2.24, 2.45) is 17.8 Å². The third kappa shape index (κ3) is 2.33. The van der Waals surface area contributed by atoms with Crippen LogP contribution in [0.4, 0.5) is 0 Å². The molecular formula is C13H20N4OS. The predicted octanol–water partition coefficient (Wildman–Crippen LogP) is 1.67. The lowest BCUT2D eigenvalue weighted by molar-refractivity contribution is -0.123. The Bertz CT molecular complexity index is 525. The zero-order chi connectivity index (χ0) is 13.4. The summed E-state index contributed by atoms with van der Waals surface area (Å²) in [6, 6.07) is 0. The van der Waals surface area contributed by atoms with Gasteiger partial charge in [-0.1, -0.05) is 13.3 Å². The Morgan fingerprint density at radius 2 is 2.26 bits per heavy atom. The smallest absolute Gasteiger partial charge is 0.223 e. The average Bonchev–Trinajstić information content (AvgIpc) is 2.74. The lowest BCUT2D eigenvalue weighted by atomic mass is 10.1. The van der Waals surface area contributed by atoms with Crippen LogP contribution in [0.25, 0.3) is 0 Å². The van der Waals surface area contributed by atoms with Crippen molar-refractivity contribution < 1.29 is 4.79 Å². The minimum absolute atomic E-state index is 0.239. The minimum atomic E-state index is 0.239. The van der Waals surface area contributed by atoms with Gasteiger partial charge in [0.2, 0.25) is 5.91 Å². The van der Waals surface area contributed by atoms with Crippen LogP contribution < -0.4 is 5.32 Å². The summed E-state index contributed by atoms with van der Waals surface area (Å²) >= 11 is 5.18. The van der Waals surface area contributed by atoms with Crippen molar-refractivity contribution in [3.05, 3.63) is 10.6 Å². The number of nitrogens with zero attached hydrogens (tertiary/aromatic N) is 2. The Hall–Kier alpha value is -1.17. The third-order valence-corrected chi connectivity index (χ3v) is 4.81. The number of fused-ring (bicyclic) bond motifs is 1. The fraction of sp³-hybridized carbons (Fsp3) is 0.769. The molecule has 1 aromatic rings. The van der Waals surface area contributed by atoms with E-state index in [1.54, 1.807) is 0 Å². The van der Waals surface area contributed by atoms with Gasteiger partial charge in [-0.15, -0.1) is 0 Å². The molecule has 0 spiro atoms. The lowest BCUT2D eigenvalue weighted by Crippen LogP contribution is -2.30. The molecule has 3 atom stereocenters. The Morgan fingerprint density at radius 1 is 1.53 bits per heavy atom. The number of H-pyrrole nitrogens is 1. The highest BCUT2D eigenvalue weighted by Crippen LogP contribution is 2.57. The SMILES string of the molecule is CCc1n[nH]c(=S)n1CCNC(=O)C1[C@H]2CCC[C@@H]12. The maximum atomic E-state index is 12.0. The fourth-order valence-electron chi connectivity index (χ4n) is 3.47. The molecule has 1 heterocycles. The van der Waals surface area contributed by atoms with Gasteiger partial charge in [0, 0.05) is 25.4 Å². The van der Waals surface area contributed by atoms with Crippen LogP contribution in [-0.2, 0) is 17.8 Å². The molecule has 5 nitrogen and oxygen atoms in total. The summed E-state index contributed by atoms with van der Waals surface area (Å²) in [6.45, 7) is 3.38. The number of rotatable bonds is 5. The van der Waals surface area contributed by atoms with Gasteiger partial charge in [0.15, 0.2) is 4.77 Å². The maximum Gasteiger partial charge on any atom is 0.223 e. The van der Waals surface area contributed by atoms with Crippen LogP contribution >= 0.6 is 12.2 Å². The summed E-state index contributed by atoms with van der Waals surface area (Å²) in [6.07, 6.45) is 4.64. The molecule has 1 unspecified atom stereocenters. The second-order valence-electron chi connectivity index (χ2n) is 5.53. The summed E-state index contributed by atoms with van der Waals surface area (Å²) < 4.78 is 2.60. The molecule has 0 aromatic carbocycles. The van der Waals surface area contributed by atoms with Crippen LogP contribution in [0.3, 0.4) is 0 Å². The molecule has 0 saturated heterocycles. The molecule has 3 rings (SSSR count). The zero-order valence-corrected chi connectivity index (χ0v) is 12.0. The number of carbonyl (C=O) groups excluding carboxylic acids is 1. The fourth-order valence-corrected chi connectivity index (χ4v) is 3.71. The molecule has 0 aliphatic heterocycles. The third-order valence-electron chi connectivity index (χ3n) is 4.50. The normalized spacial score (nSPS) is 28.2. The number of aromatic amines is 1. The van der Waals surface area contributed by atoms with E-state index < -0.39 is 0 Å². The number of carbonyl (C=O) groups is 1. The van der Waals surface area contributed by atoms with Crippen LogP contribution in [0.5, 0.6) is 0 Å². The van der Waals surface area contributed by atoms with Crippen LogP contribution in [0.2, 0.25) is 0 Å². The van der Waals surface area contributed by atoms with Crippen molar-refractivity contribution in [3.8, 4) is 0 Å². The quantitative estimate of drug-likeness (QED) is 0.806. The number of aryl methyl sites for hydroxylation is 1. The molecule has 104 valence electrons. The van der Waals surface area contributed by atoms with Gasteiger partial charge in [0.25, 0.3) is 0 Å². The molecule has 19 heavy (non-hydrogen) atoms. The monoisotopic (exact) mass is 280 g/mol. The van der Waals surface area contributed by atoms with Gasteiger partial charge >= 0.3 is 0 Å². The Kier molecular flexibility index (Phi) is 3.43. The Labute approximate surface area is 117 Å². The van der Waals surface area contributed by atoms with Gasteiger partial charge in [-0.05, 0) is 36.9 Å². The van der Waals surface area contributed by atoms with Crippen molar-refractivity contribution >= 4 is 18.1 Å². The van der Waals surface area contributed by atoms with E-state index in [1.165, 1.54) is 19.3 Å². The van der Waals surface area contributed by atoms with Crippen molar-refractivity contribution in [1.29, 1.82) is 0 Å². The molecule has 1 amide bonds. The van der Waals surface area contributed by atoms with Gasteiger partial charge in [-0.2, -0.15) is 5.10 Å². The topological polar surface area (TPSA) is 62.7 Å².